The quantitative estimate of drug-likeness (QED) is 0.452. The Bertz CT molecular complexity index is 336. The van der Waals surface area contributed by atoms with Crippen molar-refractivity contribution in [2.24, 2.45) is 5.41 Å². The monoisotopic (exact) mass is 208 g/mol. The second-order valence-corrected chi connectivity index (χ2v) is 5.26. The first-order valence-electron chi connectivity index (χ1n) is 5.29. The molecule has 0 bridgehead atoms. The third-order valence-electron chi connectivity index (χ3n) is 3.76. The summed E-state index contributed by atoms with van der Waals surface area (Å²) in [6, 6.07) is 0. The number of rotatable bonds is 0. The standard InChI is InChI=1S/C12H16O3/c1-8-6-12(15-10(8)14)5-4-9(13)7-11(12,2)3/h1,4-7H2,2-3H3. The zero-order valence-corrected chi connectivity index (χ0v) is 9.26. The Labute approximate surface area is 89.5 Å². The van der Waals surface area contributed by atoms with Gasteiger partial charge in [-0.05, 0) is 6.42 Å². The minimum Gasteiger partial charge on any atom is -0.455 e. The fraction of sp³-hybridized carbons (Fsp3) is 0.667. The molecular formula is C12H16O3. The van der Waals surface area contributed by atoms with Crippen LogP contribution in [0.25, 0.3) is 0 Å². The average Bonchev–Trinajstić information content (AvgIpc) is 2.38. The highest BCUT2D eigenvalue weighted by Gasteiger charge is 2.55. The van der Waals surface area contributed by atoms with E-state index in [2.05, 4.69) is 6.58 Å². The number of carbonyl (C=O) groups is 2. The van der Waals surface area contributed by atoms with Crippen LogP contribution in [0.5, 0.6) is 0 Å². The molecule has 82 valence electrons. The lowest BCUT2D eigenvalue weighted by Gasteiger charge is -2.45. The molecule has 0 amide bonds. The molecule has 15 heavy (non-hydrogen) atoms. The molecule has 0 aromatic carbocycles. The lowest BCUT2D eigenvalue weighted by atomic mass is 9.63. The maximum absolute atomic E-state index is 11.4. The molecule has 1 atom stereocenters. The van der Waals surface area contributed by atoms with Crippen molar-refractivity contribution in [1.82, 2.24) is 0 Å². The molecule has 1 aliphatic heterocycles. The van der Waals surface area contributed by atoms with Gasteiger partial charge in [0.05, 0.1) is 0 Å². The van der Waals surface area contributed by atoms with Gasteiger partial charge in [0.15, 0.2) is 0 Å². The van der Waals surface area contributed by atoms with E-state index in [-0.39, 0.29) is 17.2 Å². The molecule has 1 saturated heterocycles. The van der Waals surface area contributed by atoms with Gasteiger partial charge in [0.1, 0.15) is 11.4 Å². The van der Waals surface area contributed by atoms with E-state index >= 15 is 0 Å². The van der Waals surface area contributed by atoms with E-state index in [0.717, 1.165) is 0 Å². The van der Waals surface area contributed by atoms with Crippen molar-refractivity contribution in [2.45, 2.75) is 45.1 Å². The molecule has 0 aromatic rings. The van der Waals surface area contributed by atoms with Crippen LogP contribution in [0.15, 0.2) is 12.2 Å². The second kappa shape index (κ2) is 2.94. The molecule has 3 nitrogen and oxygen atoms in total. The Morgan fingerprint density at radius 3 is 2.40 bits per heavy atom. The molecule has 1 spiro atoms. The first-order valence-corrected chi connectivity index (χ1v) is 5.29. The summed E-state index contributed by atoms with van der Waals surface area (Å²) in [4.78, 5) is 22.8. The highest BCUT2D eigenvalue weighted by Crippen LogP contribution is 2.51. The molecule has 1 unspecified atom stereocenters. The zero-order chi connectivity index (χ0) is 11.3. The predicted molar refractivity (Wildman–Crippen MR) is 55.2 cm³/mol. The molecule has 0 N–H and O–H groups in total. The van der Waals surface area contributed by atoms with Crippen LogP contribution in [0.3, 0.4) is 0 Å². The maximum atomic E-state index is 11.4. The van der Waals surface area contributed by atoms with Crippen LogP contribution in [0.2, 0.25) is 0 Å². The van der Waals surface area contributed by atoms with E-state index in [1.54, 1.807) is 0 Å². The highest BCUT2D eigenvalue weighted by atomic mass is 16.6. The second-order valence-electron chi connectivity index (χ2n) is 5.26. The smallest absolute Gasteiger partial charge is 0.334 e. The zero-order valence-electron chi connectivity index (χ0n) is 9.26. The summed E-state index contributed by atoms with van der Waals surface area (Å²) in [6.45, 7) is 7.70. The van der Waals surface area contributed by atoms with Gasteiger partial charge in [-0.15, -0.1) is 0 Å². The van der Waals surface area contributed by atoms with Gasteiger partial charge in [-0.25, -0.2) is 4.79 Å². The van der Waals surface area contributed by atoms with Crippen LogP contribution in [-0.2, 0) is 14.3 Å². The van der Waals surface area contributed by atoms with E-state index in [1.165, 1.54) is 0 Å². The van der Waals surface area contributed by atoms with Crippen molar-refractivity contribution in [3.8, 4) is 0 Å². The first-order chi connectivity index (χ1) is 6.86. The number of Topliss-reactive ketones (excluding diaryl/α,β-unsaturated/α-hetero) is 1. The fourth-order valence-electron chi connectivity index (χ4n) is 2.64. The third kappa shape index (κ3) is 1.41. The van der Waals surface area contributed by atoms with E-state index < -0.39 is 5.60 Å². The van der Waals surface area contributed by atoms with Gasteiger partial charge in [-0.1, -0.05) is 20.4 Å². The SMILES string of the molecule is C=C1CC2(CCC(=O)CC2(C)C)OC1=O. The molecule has 0 radical (unpaired) electrons. The van der Waals surface area contributed by atoms with Crippen LogP contribution in [-0.4, -0.2) is 17.4 Å². The van der Waals surface area contributed by atoms with Gasteiger partial charge in [0.2, 0.25) is 0 Å². The number of carbonyl (C=O) groups excluding carboxylic acids is 2. The Morgan fingerprint density at radius 2 is 1.93 bits per heavy atom. The Hall–Kier alpha value is -1.12. The summed E-state index contributed by atoms with van der Waals surface area (Å²) >= 11 is 0. The molecule has 1 heterocycles. The molecular weight excluding hydrogens is 192 g/mol. The van der Waals surface area contributed by atoms with Crippen LogP contribution in [0, 0.1) is 5.41 Å². The number of ketones is 1. The summed E-state index contributed by atoms with van der Waals surface area (Å²) in [5.74, 6) is -0.0309. The van der Waals surface area contributed by atoms with Gasteiger partial charge in [-0.3, -0.25) is 4.79 Å². The largest absolute Gasteiger partial charge is 0.455 e. The van der Waals surface area contributed by atoms with Crippen molar-refractivity contribution in [3.05, 3.63) is 12.2 Å². The molecule has 1 aliphatic carbocycles. The molecule has 0 aromatic heterocycles. The molecule has 2 rings (SSSR count). The third-order valence-corrected chi connectivity index (χ3v) is 3.76. The van der Waals surface area contributed by atoms with Crippen molar-refractivity contribution < 1.29 is 14.3 Å². The summed E-state index contributed by atoms with van der Waals surface area (Å²) < 4.78 is 5.47. The Balaban J connectivity index is 2.32. The van der Waals surface area contributed by atoms with Gasteiger partial charge in [0, 0.05) is 30.3 Å². The van der Waals surface area contributed by atoms with Gasteiger partial charge in [-0.2, -0.15) is 0 Å². The molecule has 3 heteroatoms. The predicted octanol–water partition coefficient (Wildman–Crippen LogP) is 2.01. The van der Waals surface area contributed by atoms with Crippen molar-refractivity contribution in [3.63, 3.8) is 0 Å². The van der Waals surface area contributed by atoms with E-state index in [0.29, 0.717) is 31.3 Å². The van der Waals surface area contributed by atoms with E-state index in [1.807, 2.05) is 13.8 Å². The van der Waals surface area contributed by atoms with Crippen molar-refractivity contribution >= 4 is 11.8 Å². The molecule has 1 saturated carbocycles. The number of hydrogen-bond acceptors (Lipinski definition) is 3. The van der Waals surface area contributed by atoms with E-state index in [9.17, 15) is 9.59 Å². The maximum Gasteiger partial charge on any atom is 0.334 e. The summed E-state index contributed by atoms with van der Waals surface area (Å²) in [5.41, 5.74) is -0.204. The normalized spacial score (nSPS) is 34.7. The van der Waals surface area contributed by atoms with Crippen LogP contribution >= 0.6 is 0 Å². The number of hydrogen-bond donors (Lipinski definition) is 0. The fourth-order valence-corrected chi connectivity index (χ4v) is 2.64. The number of esters is 1. The summed E-state index contributed by atoms with van der Waals surface area (Å²) in [7, 11) is 0. The minimum atomic E-state index is -0.477. The van der Waals surface area contributed by atoms with Crippen LogP contribution in [0.1, 0.15) is 39.5 Å². The average molecular weight is 208 g/mol. The first kappa shape index (κ1) is 10.4. The topological polar surface area (TPSA) is 43.4 Å². The van der Waals surface area contributed by atoms with Gasteiger partial charge < -0.3 is 4.74 Å². The molecule has 2 fully saturated rings. The molecule has 2 aliphatic rings. The Morgan fingerprint density at radius 1 is 1.27 bits per heavy atom. The van der Waals surface area contributed by atoms with Gasteiger partial charge >= 0.3 is 5.97 Å². The lowest BCUT2D eigenvalue weighted by molar-refractivity contribution is -0.167. The van der Waals surface area contributed by atoms with Gasteiger partial charge in [0.25, 0.3) is 0 Å². The van der Waals surface area contributed by atoms with Crippen LogP contribution in [0.4, 0.5) is 0 Å². The van der Waals surface area contributed by atoms with Crippen LogP contribution < -0.4 is 0 Å². The summed E-state index contributed by atoms with van der Waals surface area (Å²) in [6.07, 6.45) is 2.23. The number of ether oxygens (including phenoxy) is 1. The summed E-state index contributed by atoms with van der Waals surface area (Å²) in [5, 5.41) is 0. The van der Waals surface area contributed by atoms with E-state index in [4.69, 9.17) is 4.74 Å². The lowest BCUT2D eigenvalue weighted by Crippen LogP contribution is -2.49. The van der Waals surface area contributed by atoms with Crippen molar-refractivity contribution in [2.75, 3.05) is 0 Å². The van der Waals surface area contributed by atoms with Crippen molar-refractivity contribution in [1.29, 1.82) is 0 Å². The highest BCUT2D eigenvalue weighted by molar-refractivity contribution is 5.91. The Kier molecular flexibility index (Phi) is 2.04. The minimum absolute atomic E-state index is 0.263.